The summed E-state index contributed by atoms with van der Waals surface area (Å²) in [7, 11) is -3.70. The van der Waals surface area contributed by atoms with Crippen molar-refractivity contribution in [2.75, 3.05) is 26.2 Å². The summed E-state index contributed by atoms with van der Waals surface area (Å²) in [5, 5.41) is 0.721. The van der Waals surface area contributed by atoms with Crippen LogP contribution in [0.3, 0.4) is 0 Å². The van der Waals surface area contributed by atoms with Gasteiger partial charge in [0.05, 0.1) is 11.4 Å². The monoisotopic (exact) mass is 490 g/mol. The van der Waals surface area contributed by atoms with E-state index in [0.717, 1.165) is 5.56 Å². The number of amides is 1. The van der Waals surface area contributed by atoms with Gasteiger partial charge in [0.25, 0.3) is 0 Å². The largest absolute Gasteiger partial charge is 0.340 e. The maximum Gasteiger partial charge on any atom is 0.244 e. The first kappa shape index (κ1) is 20.6. The molecule has 1 aliphatic rings. The zero-order valence-electron chi connectivity index (χ0n) is 14.2. The van der Waals surface area contributed by atoms with Crippen LogP contribution in [-0.2, 0) is 21.2 Å². The first-order valence-electron chi connectivity index (χ1n) is 8.25. The normalized spacial score (nSPS) is 15.7. The Labute approximate surface area is 177 Å². The molecule has 5 nitrogen and oxygen atoms in total. The van der Waals surface area contributed by atoms with E-state index in [1.807, 2.05) is 18.2 Å². The van der Waals surface area contributed by atoms with E-state index in [0.29, 0.717) is 22.6 Å². The van der Waals surface area contributed by atoms with Gasteiger partial charge in [0, 0.05) is 35.7 Å². The Balaban J connectivity index is 1.66. The van der Waals surface area contributed by atoms with Gasteiger partial charge in [-0.25, -0.2) is 8.42 Å². The first-order chi connectivity index (χ1) is 12.8. The minimum Gasteiger partial charge on any atom is -0.340 e. The van der Waals surface area contributed by atoms with Crippen molar-refractivity contribution >= 4 is 55.1 Å². The van der Waals surface area contributed by atoms with Crippen molar-refractivity contribution in [2.45, 2.75) is 11.3 Å². The second-order valence-corrected chi connectivity index (χ2v) is 9.76. The lowest BCUT2D eigenvalue weighted by Crippen LogP contribution is -2.50. The molecule has 0 unspecified atom stereocenters. The molecule has 0 spiro atoms. The predicted molar refractivity (Wildman–Crippen MR) is 110 cm³/mol. The summed E-state index contributed by atoms with van der Waals surface area (Å²) >= 11 is 15.5. The van der Waals surface area contributed by atoms with E-state index in [9.17, 15) is 13.2 Å². The standard InChI is InChI=1S/C18H17BrCl2N2O3S/c19-14-5-6-17(16(21)12-14)27(25,26)23-9-7-22(8-10-23)18(24)11-13-3-1-2-4-15(13)20/h1-6,12H,7-11H2. The van der Waals surface area contributed by atoms with E-state index >= 15 is 0 Å². The quantitative estimate of drug-likeness (QED) is 0.653. The van der Waals surface area contributed by atoms with E-state index in [-0.39, 0.29) is 35.3 Å². The van der Waals surface area contributed by atoms with Crippen molar-refractivity contribution in [3.05, 3.63) is 62.5 Å². The van der Waals surface area contributed by atoms with Crippen LogP contribution in [-0.4, -0.2) is 49.7 Å². The lowest BCUT2D eigenvalue weighted by molar-refractivity contribution is -0.131. The number of halogens is 3. The Kier molecular flexibility index (Phi) is 6.48. The molecule has 1 amide bonds. The van der Waals surface area contributed by atoms with Crippen LogP contribution in [0.5, 0.6) is 0 Å². The van der Waals surface area contributed by atoms with Crippen molar-refractivity contribution < 1.29 is 13.2 Å². The van der Waals surface area contributed by atoms with Gasteiger partial charge in [0.15, 0.2) is 0 Å². The third-order valence-electron chi connectivity index (χ3n) is 4.40. The van der Waals surface area contributed by atoms with Gasteiger partial charge >= 0.3 is 0 Å². The molecule has 0 atom stereocenters. The molecule has 0 bridgehead atoms. The highest BCUT2D eigenvalue weighted by atomic mass is 79.9. The van der Waals surface area contributed by atoms with Crippen molar-refractivity contribution in [1.29, 1.82) is 0 Å². The highest BCUT2D eigenvalue weighted by Crippen LogP contribution is 2.28. The summed E-state index contributed by atoms with van der Waals surface area (Å²) in [6.07, 6.45) is 0.199. The maximum absolute atomic E-state index is 12.8. The smallest absolute Gasteiger partial charge is 0.244 e. The molecule has 0 aliphatic carbocycles. The summed E-state index contributed by atoms with van der Waals surface area (Å²) in [5.41, 5.74) is 0.765. The Bertz CT molecular complexity index is 961. The molecule has 0 N–H and O–H groups in total. The summed E-state index contributed by atoms with van der Waals surface area (Å²) < 4.78 is 27.7. The van der Waals surface area contributed by atoms with Gasteiger partial charge in [-0.15, -0.1) is 0 Å². The molecule has 1 aliphatic heterocycles. The summed E-state index contributed by atoms with van der Waals surface area (Å²) in [6.45, 7) is 1.11. The third kappa shape index (κ3) is 4.66. The molecule has 0 aromatic heterocycles. The molecule has 2 aromatic rings. The van der Waals surface area contributed by atoms with Crippen molar-refractivity contribution in [2.24, 2.45) is 0 Å². The SMILES string of the molecule is O=C(Cc1ccccc1Cl)N1CCN(S(=O)(=O)c2ccc(Br)cc2Cl)CC1. The number of rotatable bonds is 4. The third-order valence-corrected chi connectivity index (χ3v) is 7.65. The van der Waals surface area contributed by atoms with E-state index in [1.165, 1.54) is 10.4 Å². The Morgan fingerprint density at radius 1 is 1.00 bits per heavy atom. The summed E-state index contributed by atoms with van der Waals surface area (Å²) in [4.78, 5) is 14.2. The highest BCUT2D eigenvalue weighted by Gasteiger charge is 2.31. The average Bonchev–Trinajstić information content (AvgIpc) is 2.63. The zero-order valence-corrected chi connectivity index (χ0v) is 18.2. The van der Waals surface area contributed by atoms with E-state index in [1.54, 1.807) is 23.1 Å². The summed E-state index contributed by atoms with van der Waals surface area (Å²) in [5.74, 6) is -0.0678. The molecule has 1 heterocycles. The second-order valence-electron chi connectivity index (χ2n) is 6.13. The minimum atomic E-state index is -3.70. The second kappa shape index (κ2) is 8.49. The van der Waals surface area contributed by atoms with Gasteiger partial charge in [-0.3, -0.25) is 4.79 Å². The lowest BCUT2D eigenvalue weighted by Gasteiger charge is -2.34. The summed E-state index contributed by atoms with van der Waals surface area (Å²) in [6, 6.07) is 11.9. The topological polar surface area (TPSA) is 57.7 Å². The van der Waals surface area contributed by atoms with Gasteiger partial charge in [-0.05, 0) is 29.8 Å². The van der Waals surface area contributed by atoms with Crippen molar-refractivity contribution in [1.82, 2.24) is 9.21 Å². The number of piperazine rings is 1. The van der Waals surface area contributed by atoms with E-state index < -0.39 is 10.0 Å². The molecule has 1 fully saturated rings. The number of carbonyl (C=O) groups is 1. The van der Waals surface area contributed by atoms with Crippen LogP contribution in [0.1, 0.15) is 5.56 Å². The fraction of sp³-hybridized carbons (Fsp3) is 0.278. The van der Waals surface area contributed by atoms with Crippen LogP contribution in [0.2, 0.25) is 10.0 Å². The number of nitrogens with zero attached hydrogens (tertiary/aromatic N) is 2. The number of benzene rings is 2. The lowest BCUT2D eigenvalue weighted by atomic mass is 10.1. The zero-order chi connectivity index (χ0) is 19.6. The fourth-order valence-corrected chi connectivity index (χ4v) is 5.55. The van der Waals surface area contributed by atoms with Crippen LogP contribution in [0, 0.1) is 0 Å². The van der Waals surface area contributed by atoms with Crippen molar-refractivity contribution in [3.63, 3.8) is 0 Å². The highest BCUT2D eigenvalue weighted by molar-refractivity contribution is 9.10. The van der Waals surface area contributed by atoms with Crippen LogP contribution in [0.4, 0.5) is 0 Å². The van der Waals surface area contributed by atoms with Gasteiger partial charge < -0.3 is 4.90 Å². The van der Waals surface area contributed by atoms with Gasteiger partial charge in [-0.2, -0.15) is 4.31 Å². The molecular formula is C18H17BrCl2N2O3S. The van der Waals surface area contributed by atoms with Crippen LogP contribution in [0.25, 0.3) is 0 Å². The average molecular weight is 492 g/mol. The maximum atomic E-state index is 12.8. The molecule has 1 saturated heterocycles. The predicted octanol–water partition coefficient (Wildman–Crippen LogP) is 3.83. The molecule has 3 rings (SSSR count). The molecule has 144 valence electrons. The van der Waals surface area contributed by atoms with Gasteiger partial charge in [-0.1, -0.05) is 57.3 Å². The van der Waals surface area contributed by atoms with Crippen LogP contribution in [0.15, 0.2) is 51.8 Å². The van der Waals surface area contributed by atoms with Crippen molar-refractivity contribution in [3.8, 4) is 0 Å². The van der Waals surface area contributed by atoms with Crippen LogP contribution < -0.4 is 0 Å². The molecule has 27 heavy (non-hydrogen) atoms. The molecule has 0 saturated carbocycles. The van der Waals surface area contributed by atoms with E-state index in [4.69, 9.17) is 23.2 Å². The van der Waals surface area contributed by atoms with Crippen LogP contribution >= 0.6 is 39.1 Å². The Hall–Kier alpha value is -1.12. The fourth-order valence-electron chi connectivity index (χ4n) is 2.92. The van der Waals surface area contributed by atoms with Gasteiger partial charge in [0.1, 0.15) is 4.90 Å². The van der Waals surface area contributed by atoms with Gasteiger partial charge in [0.2, 0.25) is 15.9 Å². The molecule has 2 aromatic carbocycles. The number of hydrogen-bond acceptors (Lipinski definition) is 3. The minimum absolute atomic E-state index is 0.0678. The number of hydrogen-bond donors (Lipinski definition) is 0. The number of carbonyl (C=O) groups excluding carboxylic acids is 1. The van der Waals surface area contributed by atoms with E-state index in [2.05, 4.69) is 15.9 Å². The molecule has 9 heteroatoms. The Morgan fingerprint density at radius 2 is 1.67 bits per heavy atom. The number of sulfonamides is 1. The molecule has 0 radical (unpaired) electrons. The Morgan fingerprint density at radius 3 is 2.30 bits per heavy atom. The molecular weight excluding hydrogens is 475 g/mol. The first-order valence-corrected chi connectivity index (χ1v) is 11.2.